The van der Waals surface area contributed by atoms with Crippen LogP contribution in [-0.4, -0.2) is 65.6 Å². The number of carbonyl (C=O) groups excluding carboxylic acids is 1. The summed E-state index contributed by atoms with van der Waals surface area (Å²) in [4.78, 5) is 27.8. The van der Waals surface area contributed by atoms with Crippen molar-refractivity contribution in [3.05, 3.63) is 29.3 Å². The van der Waals surface area contributed by atoms with Crippen molar-refractivity contribution in [1.29, 1.82) is 0 Å². The molecular formula is C20H27ClN2O4. The minimum absolute atomic E-state index is 0.0628. The van der Waals surface area contributed by atoms with Gasteiger partial charge < -0.3 is 14.7 Å². The zero-order valence-electron chi connectivity index (χ0n) is 15.6. The highest BCUT2D eigenvalue weighted by atomic mass is 35.5. The molecule has 0 aromatic heterocycles. The van der Waals surface area contributed by atoms with Gasteiger partial charge in [0.15, 0.2) is 0 Å². The average Bonchev–Trinajstić information content (AvgIpc) is 3.02. The van der Waals surface area contributed by atoms with Gasteiger partial charge in [0.05, 0.1) is 13.1 Å². The predicted molar refractivity (Wildman–Crippen MR) is 103 cm³/mol. The number of carboxylic acids is 1. The van der Waals surface area contributed by atoms with Gasteiger partial charge in [-0.05, 0) is 49.4 Å². The summed E-state index contributed by atoms with van der Waals surface area (Å²) >= 11 is 5.85. The molecule has 1 saturated heterocycles. The lowest BCUT2D eigenvalue weighted by Crippen LogP contribution is -2.48. The molecular weight excluding hydrogens is 368 g/mol. The number of rotatable bonds is 7. The molecule has 1 aromatic carbocycles. The Morgan fingerprint density at radius 3 is 2.67 bits per heavy atom. The van der Waals surface area contributed by atoms with Crippen molar-refractivity contribution in [2.45, 2.75) is 44.2 Å². The van der Waals surface area contributed by atoms with Crippen molar-refractivity contribution in [2.75, 3.05) is 26.7 Å². The second-order valence-corrected chi connectivity index (χ2v) is 7.93. The van der Waals surface area contributed by atoms with Crippen LogP contribution in [0.15, 0.2) is 24.3 Å². The fourth-order valence-electron chi connectivity index (χ4n) is 4.26. The highest BCUT2D eigenvalue weighted by Gasteiger charge is 2.45. The molecule has 1 heterocycles. The number of aliphatic carboxylic acids is 1. The fourth-order valence-corrected chi connectivity index (χ4v) is 4.38. The fraction of sp³-hybridized carbons (Fsp3) is 0.600. The number of carboxylic acid groups (broad SMARTS) is 1. The van der Waals surface area contributed by atoms with Crippen LogP contribution in [-0.2, 0) is 9.59 Å². The van der Waals surface area contributed by atoms with E-state index in [0.29, 0.717) is 36.3 Å². The second kappa shape index (κ2) is 8.93. The summed E-state index contributed by atoms with van der Waals surface area (Å²) < 4.78 is 5.64. The number of nitrogens with zero attached hydrogens (tertiary/aromatic N) is 2. The average molecular weight is 395 g/mol. The SMILES string of the molecule is CN(CCOc1ccc(Cl)cc1)C(=O)CN1C(C(=O)O)CC2CCCCC21. The molecule has 6 nitrogen and oxygen atoms in total. The maximum atomic E-state index is 12.6. The van der Waals surface area contributed by atoms with Gasteiger partial charge in [-0.15, -0.1) is 0 Å². The first-order valence-corrected chi connectivity index (χ1v) is 9.94. The van der Waals surface area contributed by atoms with Gasteiger partial charge in [-0.2, -0.15) is 0 Å². The van der Waals surface area contributed by atoms with Gasteiger partial charge in [0.25, 0.3) is 0 Å². The van der Waals surface area contributed by atoms with E-state index in [4.69, 9.17) is 16.3 Å². The van der Waals surface area contributed by atoms with Crippen LogP contribution in [0.4, 0.5) is 0 Å². The maximum Gasteiger partial charge on any atom is 0.320 e. The Bertz CT molecular complexity index is 666. The largest absolute Gasteiger partial charge is 0.492 e. The first kappa shape index (κ1) is 20.0. The molecule has 1 aromatic rings. The number of halogens is 1. The minimum atomic E-state index is -0.814. The van der Waals surface area contributed by atoms with Crippen LogP contribution in [0.1, 0.15) is 32.1 Å². The highest BCUT2D eigenvalue weighted by molar-refractivity contribution is 6.30. The van der Waals surface area contributed by atoms with Gasteiger partial charge >= 0.3 is 5.97 Å². The van der Waals surface area contributed by atoms with E-state index in [1.807, 2.05) is 4.90 Å². The molecule has 1 amide bonds. The first-order valence-electron chi connectivity index (χ1n) is 9.56. The molecule has 0 radical (unpaired) electrons. The molecule has 0 bridgehead atoms. The molecule has 27 heavy (non-hydrogen) atoms. The summed E-state index contributed by atoms with van der Waals surface area (Å²) in [6.07, 6.45) is 5.01. The summed E-state index contributed by atoms with van der Waals surface area (Å²) in [6.45, 7) is 0.981. The molecule has 1 aliphatic carbocycles. The van der Waals surface area contributed by atoms with Gasteiger partial charge in [-0.1, -0.05) is 24.4 Å². The Hall–Kier alpha value is -1.79. The number of likely N-dealkylation sites (N-methyl/N-ethyl adjacent to an activating group) is 1. The van der Waals surface area contributed by atoms with Crippen molar-refractivity contribution < 1.29 is 19.4 Å². The van der Waals surface area contributed by atoms with Crippen molar-refractivity contribution in [3.63, 3.8) is 0 Å². The van der Waals surface area contributed by atoms with E-state index < -0.39 is 12.0 Å². The number of hydrogen-bond donors (Lipinski definition) is 1. The van der Waals surface area contributed by atoms with E-state index in [1.54, 1.807) is 36.2 Å². The van der Waals surface area contributed by atoms with Crippen LogP contribution in [0.3, 0.4) is 0 Å². The third kappa shape index (κ3) is 4.93. The molecule has 2 aliphatic rings. The van der Waals surface area contributed by atoms with Crippen molar-refractivity contribution in [2.24, 2.45) is 5.92 Å². The summed E-state index contributed by atoms with van der Waals surface area (Å²) in [6, 6.07) is 6.77. The smallest absolute Gasteiger partial charge is 0.320 e. The third-order valence-corrected chi connectivity index (χ3v) is 6.01. The van der Waals surface area contributed by atoms with E-state index in [-0.39, 0.29) is 18.5 Å². The topological polar surface area (TPSA) is 70.1 Å². The van der Waals surface area contributed by atoms with Gasteiger partial charge in [0.1, 0.15) is 18.4 Å². The Morgan fingerprint density at radius 1 is 1.26 bits per heavy atom. The number of fused-ring (bicyclic) bond motifs is 1. The highest BCUT2D eigenvalue weighted by Crippen LogP contribution is 2.39. The number of benzene rings is 1. The second-order valence-electron chi connectivity index (χ2n) is 7.49. The molecule has 2 fully saturated rings. The molecule has 3 unspecified atom stereocenters. The van der Waals surface area contributed by atoms with Crippen LogP contribution in [0.5, 0.6) is 5.75 Å². The molecule has 3 rings (SSSR count). The maximum absolute atomic E-state index is 12.6. The summed E-state index contributed by atoms with van der Waals surface area (Å²) in [5, 5.41) is 10.2. The van der Waals surface area contributed by atoms with Crippen molar-refractivity contribution >= 4 is 23.5 Å². The summed E-state index contributed by atoms with van der Waals surface area (Å²) in [7, 11) is 1.73. The van der Waals surface area contributed by atoms with E-state index >= 15 is 0 Å². The Balaban J connectivity index is 1.51. The monoisotopic (exact) mass is 394 g/mol. The number of hydrogen-bond acceptors (Lipinski definition) is 4. The minimum Gasteiger partial charge on any atom is -0.492 e. The van der Waals surface area contributed by atoms with E-state index in [2.05, 4.69) is 0 Å². The zero-order valence-corrected chi connectivity index (χ0v) is 16.4. The van der Waals surface area contributed by atoms with Crippen LogP contribution < -0.4 is 4.74 Å². The van der Waals surface area contributed by atoms with Crippen molar-refractivity contribution in [1.82, 2.24) is 9.80 Å². The van der Waals surface area contributed by atoms with Crippen molar-refractivity contribution in [3.8, 4) is 5.75 Å². The van der Waals surface area contributed by atoms with E-state index in [9.17, 15) is 14.7 Å². The number of amides is 1. The summed E-state index contributed by atoms with van der Waals surface area (Å²) in [5.74, 6) is 0.236. The van der Waals surface area contributed by atoms with E-state index in [0.717, 1.165) is 25.7 Å². The molecule has 148 valence electrons. The molecule has 7 heteroatoms. The molecule has 1 aliphatic heterocycles. The van der Waals surface area contributed by atoms with Crippen LogP contribution in [0.25, 0.3) is 0 Å². The molecule has 3 atom stereocenters. The lowest BCUT2D eigenvalue weighted by molar-refractivity contribution is -0.144. The van der Waals surface area contributed by atoms with Crippen LogP contribution in [0.2, 0.25) is 5.02 Å². The number of ether oxygens (including phenoxy) is 1. The number of carbonyl (C=O) groups is 2. The molecule has 1 N–H and O–H groups in total. The standard InChI is InChI=1S/C20H27ClN2O4/c1-22(10-11-27-16-8-6-15(21)7-9-16)19(24)13-23-17-5-3-2-4-14(17)12-18(23)20(25)26/h6-9,14,17-18H,2-5,10-13H2,1H3,(H,25,26). The van der Waals surface area contributed by atoms with Crippen LogP contribution in [0, 0.1) is 5.92 Å². The molecule has 0 spiro atoms. The van der Waals surface area contributed by atoms with Crippen LogP contribution >= 0.6 is 11.6 Å². The summed E-state index contributed by atoms with van der Waals surface area (Å²) in [5.41, 5.74) is 0. The number of likely N-dealkylation sites (tertiary alicyclic amines) is 1. The van der Waals surface area contributed by atoms with Gasteiger partial charge in [-0.25, -0.2) is 0 Å². The normalized spacial score (nSPS) is 25.0. The first-order chi connectivity index (χ1) is 13.0. The van der Waals surface area contributed by atoms with E-state index in [1.165, 1.54) is 0 Å². The predicted octanol–water partition coefficient (Wildman–Crippen LogP) is 2.89. The Labute approximate surface area is 165 Å². The van der Waals surface area contributed by atoms with Gasteiger partial charge in [0, 0.05) is 18.1 Å². The Kier molecular flexibility index (Phi) is 6.60. The van der Waals surface area contributed by atoms with Gasteiger partial charge in [-0.3, -0.25) is 14.5 Å². The molecule has 1 saturated carbocycles. The van der Waals surface area contributed by atoms with Gasteiger partial charge in [0.2, 0.25) is 5.91 Å². The zero-order chi connectivity index (χ0) is 19.4. The Morgan fingerprint density at radius 2 is 1.96 bits per heavy atom. The third-order valence-electron chi connectivity index (χ3n) is 5.76. The lowest BCUT2D eigenvalue weighted by Gasteiger charge is -2.33. The quantitative estimate of drug-likeness (QED) is 0.770. The lowest BCUT2D eigenvalue weighted by atomic mass is 9.85.